The number of fused-ring (bicyclic) bond motifs is 1. The van der Waals surface area contributed by atoms with Crippen molar-refractivity contribution < 1.29 is 4.79 Å². The third kappa shape index (κ3) is 6.15. The van der Waals surface area contributed by atoms with Crippen molar-refractivity contribution in [2.24, 2.45) is 0 Å². The van der Waals surface area contributed by atoms with Gasteiger partial charge in [-0.2, -0.15) is 0 Å². The van der Waals surface area contributed by atoms with Crippen LogP contribution < -0.4 is 5.32 Å². The molecule has 0 atom stereocenters. The van der Waals surface area contributed by atoms with Crippen LogP contribution in [-0.2, 0) is 24.1 Å². The van der Waals surface area contributed by atoms with Crippen LogP contribution in [0.1, 0.15) is 58.5 Å². The summed E-state index contributed by atoms with van der Waals surface area (Å²) in [6.07, 6.45) is 3.89. The van der Waals surface area contributed by atoms with Crippen LogP contribution in [-0.4, -0.2) is 17.0 Å². The summed E-state index contributed by atoms with van der Waals surface area (Å²) in [7, 11) is 0. The molecular weight excluding hydrogens is 476 g/mol. The molecule has 1 heterocycles. The quantitative estimate of drug-likeness (QED) is 0.203. The molecule has 1 amide bonds. The Bertz CT molecular complexity index is 1490. The maximum atomic E-state index is 11.8. The summed E-state index contributed by atoms with van der Waals surface area (Å²) in [5.74, 6) is 0.0112. The lowest BCUT2D eigenvalue weighted by Crippen LogP contribution is -2.24. The van der Waals surface area contributed by atoms with Gasteiger partial charge in [-0.1, -0.05) is 102 Å². The minimum atomic E-state index is 0.0112. The number of benzene rings is 4. The van der Waals surface area contributed by atoms with Crippen LogP contribution in [0.25, 0.3) is 10.9 Å². The highest BCUT2D eigenvalue weighted by Crippen LogP contribution is 2.37. The number of rotatable bonds is 10. The van der Waals surface area contributed by atoms with Gasteiger partial charge in [0.15, 0.2) is 0 Å². The zero-order valence-electron chi connectivity index (χ0n) is 23.3. The molecule has 0 aliphatic carbocycles. The third-order valence-electron chi connectivity index (χ3n) is 7.61. The number of aromatic nitrogens is 1. The van der Waals surface area contributed by atoms with E-state index in [1.165, 1.54) is 50.0 Å². The Balaban J connectivity index is 1.65. The van der Waals surface area contributed by atoms with E-state index in [1.807, 2.05) is 0 Å². The normalized spacial score (nSPS) is 11.3. The number of amides is 1. The summed E-state index contributed by atoms with van der Waals surface area (Å²) in [5, 5.41) is 4.39. The first-order valence-corrected chi connectivity index (χ1v) is 14.0. The second kappa shape index (κ2) is 12.2. The zero-order valence-corrected chi connectivity index (χ0v) is 23.3. The van der Waals surface area contributed by atoms with Gasteiger partial charge in [0.2, 0.25) is 5.91 Å². The van der Waals surface area contributed by atoms with E-state index in [2.05, 4.69) is 127 Å². The first kappa shape index (κ1) is 26.5. The maximum absolute atomic E-state index is 11.8. The number of carbonyl (C=O) groups is 1. The fraction of sp³-hybridized carbons (Fsp3) is 0.250. The second-order valence-corrected chi connectivity index (χ2v) is 10.6. The number of aryl methyl sites for hydroxylation is 4. The molecule has 3 heteroatoms. The number of hydrogen-bond acceptors (Lipinski definition) is 1. The monoisotopic (exact) mass is 514 g/mol. The van der Waals surface area contributed by atoms with Gasteiger partial charge in [-0.15, -0.1) is 0 Å². The predicted molar refractivity (Wildman–Crippen MR) is 162 cm³/mol. The van der Waals surface area contributed by atoms with E-state index >= 15 is 0 Å². The summed E-state index contributed by atoms with van der Waals surface area (Å²) in [5.41, 5.74) is 10.4. The Morgan fingerprint density at radius 1 is 0.744 bits per heavy atom. The van der Waals surface area contributed by atoms with Crippen molar-refractivity contribution in [2.75, 3.05) is 6.54 Å². The van der Waals surface area contributed by atoms with E-state index in [1.54, 1.807) is 6.92 Å². The summed E-state index contributed by atoms with van der Waals surface area (Å²) in [6.45, 7) is 6.53. The molecule has 0 spiro atoms. The van der Waals surface area contributed by atoms with E-state index in [0.29, 0.717) is 6.54 Å². The zero-order chi connectivity index (χ0) is 27.2. The average molecular weight is 515 g/mol. The molecular formula is C36H38N2O. The molecule has 0 aliphatic rings. The van der Waals surface area contributed by atoms with Crippen LogP contribution in [0, 0.1) is 13.8 Å². The van der Waals surface area contributed by atoms with Gasteiger partial charge in [0.05, 0.1) is 6.04 Å². The number of hydrogen-bond donors (Lipinski definition) is 1. The number of nitrogens with zero attached hydrogens (tertiary/aromatic N) is 1. The molecule has 39 heavy (non-hydrogen) atoms. The molecule has 1 aromatic heterocycles. The first-order chi connectivity index (χ1) is 19.0. The van der Waals surface area contributed by atoms with Gasteiger partial charge in [0.25, 0.3) is 0 Å². The fourth-order valence-corrected chi connectivity index (χ4v) is 5.74. The molecule has 0 bridgehead atoms. The highest BCUT2D eigenvalue weighted by Gasteiger charge is 2.25. The molecule has 198 valence electrons. The SMILES string of the molecule is CC(=O)NCCc1c(CCCc2ccc(C)cc2)c2cc(C)ccc2n1C(c1ccccc1)c1ccccc1. The molecule has 0 fully saturated rings. The highest BCUT2D eigenvalue weighted by atomic mass is 16.1. The van der Waals surface area contributed by atoms with Crippen molar-refractivity contribution >= 4 is 16.8 Å². The molecule has 0 radical (unpaired) electrons. The Kier molecular flexibility index (Phi) is 8.27. The Hall–Kier alpha value is -4.11. The molecule has 0 saturated heterocycles. The molecule has 0 unspecified atom stereocenters. The van der Waals surface area contributed by atoms with Gasteiger partial charge in [-0.3, -0.25) is 4.79 Å². The first-order valence-electron chi connectivity index (χ1n) is 14.0. The lowest BCUT2D eigenvalue weighted by Gasteiger charge is -2.25. The van der Waals surface area contributed by atoms with Crippen molar-refractivity contribution in [3.05, 3.63) is 142 Å². The minimum Gasteiger partial charge on any atom is -0.356 e. The van der Waals surface area contributed by atoms with Crippen molar-refractivity contribution in [1.82, 2.24) is 9.88 Å². The van der Waals surface area contributed by atoms with Gasteiger partial charge in [-0.05, 0) is 67.5 Å². The van der Waals surface area contributed by atoms with Crippen molar-refractivity contribution in [2.45, 2.75) is 52.5 Å². The lowest BCUT2D eigenvalue weighted by atomic mass is 9.97. The van der Waals surface area contributed by atoms with Crippen LogP contribution in [0.15, 0.2) is 103 Å². The predicted octanol–water partition coefficient (Wildman–Crippen LogP) is 7.75. The van der Waals surface area contributed by atoms with Gasteiger partial charge in [0.1, 0.15) is 0 Å². The summed E-state index contributed by atoms with van der Waals surface area (Å²) in [4.78, 5) is 11.8. The van der Waals surface area contributed by atoms with E-state index in [4.69, 9.17) is 0 Å². The van der Waals surface area contributed by atoms with E-state index in [-0.39, 0.29) is 11.9 Å². The molecule has 5 aromatic rings. The largest absolute Gasteiger partial charge is 0.356 e. The van der Waals surface area contributed by atoms with Gasteiger partial charge >= 0.3 is 0 Å². The molecule has 3 nitrogen and oxygen atoms in total. The van der Waals surface area contributed by atoms with Crippen LogP contribution in [0.3, 0.4) is 0 Å². The molecule has 5 rings (SSSR count). The standard InChI is InChI=1S/C36H38N2O/c1-26-17-20-29(21-18-26)11-10-16-32-33-25-27(2)19-22-34(33)38(35(32)23-24-37-28(3)39)36(30-12-6-4-7-13-30)31-14-8-5-9-15-31/h4-9,12-15,17-22,25,36H,10-11,16,23-24H2,1-3H3,(H,37,39). The molecule has 4 aromatic carbocycles. The van der Waals surface area contributed by atoms with Crippen LogP contribution in [0.2, 0.25) is 0 Å². The van der Waals surface area contributed by atoms with Crippen molar-refractivity contribution in [1.29, 1.82) is 0 Å². The maximum Gasteiger partial charge on any atom is 0.216 e. The Morgan fingerprint density at radius 2 is 1.36 bits per heavy atom. The van der Waals surface area contributed by atoms with Crippen LogP contribution in [0.4, 0.5) is 0 Å². The average Bonchev–Trinajstić information content (AvgIpc) is 3.23. The number of carbonyl (C=O) groups excluding carboxylic acids is 1. The van der Waals surface area contributed by atoms with Gasteiger partial charge < -0.3 is 9.88 Å². The van der Waals surface area contributed by atoms with Crippen LogP contribution >= 0.6 is 0 Å². The van der Waals surface area contributed by atoms with Crippen molar-refractivity contribution in [3.63, 3.8) is 0 Å². The third-order valence-corrected chi connectivity index (χ3v) is 7.61. The Labute approximate surface area is 232 Å². The van der Waals surface area contributed by atoms with Crippen molar-refractivity contribution in [3.8, 4) is 0 Å². The summed E-state index contributed by atoms with van der Waals surface area (Å²) < 4.78 is 2.54. The second-order valence-electron chi connectivity index (χ2n) is 10.6. The smallest absolute Gasteiger partial charge is 0.216 e. The topological polar surface area (TPSA) is 34.0 Å². The summed E-state index contributed by atoms with van der Waals surface area (Å²) >= 11 is 0. The highest BCUT2D eigenvalue weighted by molar-refractivity contribution is 5.87. The molecule has 1 N–H and O–H groups in total. The Morgan fingerprint density at radius 3 is 1.97 bits per heavy atom. The van der Waals surface area contributed by atoms with Gasteiger partial charge in [-0.25, -0.2) is 0 Å². The minimum absolute atomic E-state index is 0.0112. The molecule has 0 saturated carbocycles. The fourth-order valence-electron chi connectivity index (χ4n) is 5.74. The van der Waals surface area contributed by atoms with Gasteiger partial charge in [0, 0.05) is 36.5 Å². The van der Waals surface area contributed by atoms with E-state index in [0.717, 1.165) is 25.7 Å². The lowest BCUT2D eigenvalue weighted by molar-refractivity contribution is -0.118. The van der Waals surface area contributed by atoms with E-state index < -0.39 is 0 Å². The summed E-state index contributed by atoms with van der Waals surface area (Å²) in [6, 6.07) is 37.4. The van der Waals surface area contributed by atoms with Crippen LogP contribution in [0.5, 0.6) is 0 Å². The van der Waals surface area contributed by atoms with E-state index in [9.17, 15) is 4.79 Å². The molecule has 0 aliphatic heterocycles. The number of nitrogens with one attached hydrogen (secondary N) is 1.